The highest BCUT2D eigenvalue weighted by Crippen LogP contribution is 2.09. The zero-order valence-electron chi connectivity index (χ0n) is 5.57. The van der Waals surface area contributed by atoms with Gasteiger partial charge in [0.2, 0.25) is 0 Å². The van der Waals surface area contributed by atoms with Gasteiger partial charge in [-0.2, -0.15) is 25.3 Å². The van der Waals surface area contributed by atoms with Crippen LogP contribution >= 0.6 is 25.3 Å². The van der Waals surface area contributed by atoms with Crippen LogP contribution in [0, 0.1) is 0 Å². The van der Waals surface area contributed by atoms with Gasteiger partial charge in [-0.3, -0.25) is 0 Å². The summed E-state index contributed by atoms with van der Waals surface area (Å²) in [6, 6.07) is 0.833. The molecule has 0 heterocycles. The maximum Gasteiger partial charge on any atom is 0.322 e. The van der Waals surface area contributed by atoms with Gasteiger partial charge in [0.1, 0.15) is 0 Å². The van der Waals surface area contributed by atoms with E-state index in [0.29, 0.717) is 0 Å². The third-order valence-corrected chi connectivity index (χ3v) is 4.05. The molecule has 0 radical (unpaired) electrons. The Morgan fingerprint density at radius 2 is 1.78 bits per heavy atom. The summed E-state index contributed by atoms with van der Waals surface area (Å²) >= 11 is 8.17. The molecule has 0 spiro atoms. The van der Waals surface area contributed by atoms with Gasteiger partial charge < -0.3 is 8.85 Å². The van der Waals surface area contributed by atoms with Crippen molar-refractivity contribution in [3.05, 3.63) is 0 Å². The number of hydrogen-bond donors (Lipinski definition) is 2. The van der Waals surface area contributed by atoms with Crippen molar-refractivity contribution in [2.75, 3.05) is 14.2 Å². The molecule has 0 atom stereocenters. The lowest BCUT2D eigenvalue weighted by Crippen LogP contribution is -2.21. The molecular weight excluding hydrogens is 172 g/mol. The Bertz CT molecular complexity index is 67.6. The van der Waals surface area contributed by atoms with Gasteiger partial charge in [0.05, 0.1) is 0 Å². The van der Waals surface area contributed by atoms with Crippen molar-refractivity contribution >= 4 is 34.5 Å². The molecule has 0 aromatic rings. The van der Waals surface area contributed by atoms with Crippen LogP contribution in [0.5, 0.6) is 0 Å². The van der Waals surface area contributed by atoms with Crippen LogP contribution in [0.4, 0.5) is 0 Å². The zero-order chi connectivity index (χ0) is 7.28. The van der Waals surface area contributed by atoms with Crippen LogP contribution in [0.1, 0.15) is 0 Å². The van der Waals surface area contributed by atoms with E-state index in [0.717, 1.165) is 6.04 Å². The molecule has 56 valence electrons. The summed E-state index contributed by atoms with van der Waals surface area (Å²) < 4.78 is 10.1. The minimum atomic E-state index is -1.40. The molecular formula is C4H12O2S2Si. The Balaban J connectivity index is 3.31. The second-order valence-corrected chi connectivity index (χ2v) is 5.54. The van der Waals surface area contributed by atoms with E-state index in [-0.39, 0.29) is 4.58 Å². The molecule has 0 aromatic carbocycles. The average molecular weight is 184 g/mol. The van der Waals surface area contributed by atoms with E-state index in [9.17, 15) is 0 Å². The average Bonchev–Trinajstić information content (AvgIpc) is 1.82. The maximum absolute atomic E-state index is 5.03. The van der Waals surface area contributed by atoms with Crippen LogP contribution in [0.2, 0.25) is 6.04 Å². The fourth-order valence-corrected chi connectivity index (χ4v) is 2.42. The predicted molar refractivity (Wildman–Crippen MR) is 47.7 cm³/mol. The summed E-state index contributed by atoms with van der Waals surface area (Å²) in [7, 11) is 1.91. The van der Waals surface area contributed by atoms with E-state index in [4.69, 9.17) is 8.85 Å². The largest absolute Gasteiger partial charge is 0.400 e. The van der Waals surface area contributed by atoms with Gasteiger partial charge in [-0.1, -0.05) is 0 Å². The normalized spacial score (nSPS) is 11.3. The third-order valence-electron chi connectivity index (χ3n) is 0.929. The van der Waals surface area contributed by atoms with E-state index in [1.807, 2.05) is 0 Å². The monoisotopic (exact) mass is 184 g/mol. The first kappa shape index (κ1) is 9.84. The third kappa shape index (κ3) is 5.29. The highest BCUT2D eigenvalue weighted by atomic mass is 32.2. The molecule has 0 bridgehead atoms. The molecule has 0 rings (SSSR count). The molecule has 2 nitrogen and oxygen atoms in total. The van der Waals surface area contributed by atoms with Gasteiger partial charge in [0, 0.05) is 24.8 Å². The van der Waals surface area contributed by atoms with E-state index < -0.39 is 9.28 Å². The van der Waals surface area contributed by atoms with E-state index >= 15 is 0 Å². The van der Waals surface area contributed by atoms with Crippen molar-refractivity contribution in [2.45, 2.75) is 10.6 Å². The molecule has 0 saturated heterocycles. The minimum absolute atomic E-state index is 0.0848. The molecule has 0 saturated carbocycles. The van der Waals surface area contributed by atoms with Crippen LogP contribution in [-0.2, 0) is 8.85 Å². The van der Waals surface area contributed by atoms with Crippen molar-refractivity contribution in [1.82, 2.24) is 0 Å². The van der Waals surface area contributed by atoms with Gasteiger partial charge in [-0.05, 0) is 0 Å². The summed E-state index contributed by atoms with van der Waals surface area (Å²) in [6.07, 6.45) is 0. The van der Waals surface area contributed by atoms with Gasteiger partial charge in [0.25, 0.3) is 0 Å². The lowest BCUT2D eigenvalue weighted by molar-refractivity contribution is 0.279. The second kappa shape index (κ2) is 5.61. The van der Waals surface area contributed by atoms with Crippen molar-refractivity contribution in [3.63, 3.8) is 0 Å². The summed E-state index contributed by atoms with van der Waals surface area (Å²) in [4.78, 5) is 0. The molecule has 0 aliphatic rings. The second-order valence-electron chi connectivity index (χ2n) is 1.62. The molecule has 0 amide bonds. The highest BCUT2D eigenvalue weighted by Gasteiger charge is 2.11. The lowest BCUT2D eigenvalue weighted by atomic mass is 10.9. The number of thiol groups is 2. The Morgan fingerprint density at radius 3 is 1.89 bits per heavy atom. The summed E-state index contributed by atoms with van der Waals surface area (Å²) in [5.41, 5.74) is 0. The molecule has 0 N–H and O–H groups in total. The van der Waals surface area contributed by atoms with Crippen molar-refractivity contribution in [2.24, 2.45) is 0 Å². The Morgan fingerprint density at radius 1 is 1.33 bits per heavy atom. The van der Waals surface area contributed by atoms with Gasteiger partial charge in [0.15, 0.2) is 0 Å². The highest BCUT2D eigenvalue weighted by molar-refractivity contribution is 7.99. The predicted octanol–water partition coefficient (Wildman–Crippen LogP) is 0.685. The number of rotatable bonds is 4. The first-order chi connectivity index (χ1) is 4.20. The lowest BCUT2D eigenvalue weighted by Gasteiger charge is -2.11. The molecule has 9 heavy (non-hydrogen) atoms. The molecule has 0 unspecified atom stereocenters. The van der Waals surface area contributed by atoms with E-state index in [1.54, 1.807) is 14.2 Å². The topological polar surface area (TPSA) is 18.5 Å². The Kier molecular flexibility index (Phi) is 6.13. The fraction of sp³-hybridized carbons (Fsp3) is 1.00. The van der Waals surface area contributed by atoms with E-state index in [2.05, 4.69) is 25.3 Å². The molecule has 0 aliphatic heterocycles. The van der Waals surface area contributed by atoms with Gasteiger partial charge >= 0.3 is 9.28 Å². The van der Waals surface area contributed by atoms with Crippen LogP contribution in [0.15, 0.2) is 0 Å². The maximum atomic E-state index is 5.03. The first-order valence-electron chi connectivity index (χ1n) is 2.62. The fourth-order valence-electron chi connectivity index (χ4n) is 0.461. The van der Waals surface area contributed by atoms with Crippen LogP contribution in [0.3, 0.4) is 0 Å². The molecule has 0 aromatic heterocycles. The van der Waals surface area contributed by atoms with Crippen LogP contribution < -0.4 is 0 Å². The van der Waals surface area contributed by atoms with Crippen LogP contribution in [0.25, 0.3) is 0 Å². The molecule has 0 aliphatic carbocycles. The standard InChI is InChI=1S/C4H12O2S2Si/c1-5-9(6-2)3-4(7)8/h4,7-9H,3H2,1-2H3. The number of hydrogen-bond acceptors (Lipinski definition) is 4. The van der Waals surface area contributed by atoms with Crippen LogP contribution in [-0.4, -0.2) is 28.1 Å². The molecule has 0 fully saturated rings. The van der Waals surface area contributed by atoms with Gasteiger partial charge in [-0.25, -0.2) is 0 Å². The minimum Gasteiger partial charge on any atom is -0.400 e. The Labute approximate surface area is 68.6 Å². The van der Waals surface area contributed by atoms with Crippen molar-refractivity contribution in [3.8, 4) is 0 Å². The Hall–Kier alpha value is 0.837. The smallest absolute Gasteiger partial charge is 0.322 e. The first-order valence-corrected chi connectivity index (χ1v) is 5.41. The summed E-state index contributed by atoms with van der Waals surface area (Å²) in [6.45, 7) is 0. The van der Waals surface area contributed by atoms with Crippen molar-refractivity contribution in [1.29, 1.82) is 0 Å². The molecule has 5 heteroatoms. The quantitative estimate of drug-likeness (QED) is 0.380. The van der Waals surface area contributed by atoms with Crippen molar-refractivity contribution < 1.29 is 8.85 Å². The SMILES string of the molecule is CO[SiH](CC(S)S)OC. The summed E-state index contributed by atoms with van der Waals surface area (Å²) in [5.74, 6) is 0. The summed E-state index contributed by atoms with van der Waals surface area (Å²) in [5, 5.41) is 0. The zero-order valence-corrected chi connectivity index (χ0v) is 8.52. The van der Waals surface area contributed by atoms with Gasteiger partial charge in [-0.15, -0.1) is 0 Å². The van der Waals surface area contributed by atoms with E-state index in [1.165, 1.54) is 0 Å².